The fraction of sp³-hybridized carbons (Fsp3) is 1.00. The van der Waals surface area contributed by atoms with E-state index in [1.54, 1.807) is 0 Å². The van der Waals surface area contributed by atoms with Crippen LogP contribution in [0, 0.1) is 0 Å². The van der Waals surface area contributed by atoms with E-state index in [1.165, 1.54) is 12.8 Å². The van der Waals surface area contributed by atoms with Crippen LogP contribution in [0.2, 0.25) is 0 Å². The van der Waals surface area contributed by atoms with Gasteiger partial charge in [-0.15, -0.1) is 0 Å². The van der Waals surface area contributed by atoms with Crippen molar-refractivity contribution < 1.29 is 0 Å². The molecule has 8 heavy (non-hydrogen) atoms. The molecule has 0 aromatic carbocycles. The van der Waals surface area contributed by atoms with Crippen molar-refractivity contribution in [1.29, 1.82) is 0 Å². The summed E-state index contributed by atoms with van der Waals surface area (Å²) in [5.41, 5.74) is 5.30. The highest BCUT2D eigenvalue weighted by Crippen LogP contribution is 2.06. The average molecular weight is 180 g/mol. The first-order valence-corrected chi connectivity index (χ1v) is 4.03. The molecule has 0 aliphatic rings. The Morgan fingerprint density at radius 1 is 1.50 bits per heavy atom. The number of hydrogen-bond acceptors (Lipinski definition) is 1. The van der Waals surface area contributed by atoms with Crippen LogP contribution >= 0.6 is 15.9 Å². The van der Waals surface area contributed by atoms with E-state index in [1.807, 2.05) is 0 Å². The van der Waals surface area contributed by atoms with Gasteiger partial charge in [-0.2, -0.15) is 0 Å². The van der Waals surface area contributed by atoms with E-state index < -0.39 is 0 Å². The number of halogens is 1. The third kappa shape index (κ3) is 6.44. The van der Waals surface area contributed by atoms with E-state index in [0.29, 0.717) is 4.83 Å². The Morgan fingerprint density at radius 2 is 2.12 bits per heavy atom. The highest BCUT2D eigenvalue weighted by atomic mass is 79.9. The molecule has 0 fully saturated rings. The minimum absolute atomic E-state index is 0.661. The number of hydrogen-bond donors (Lipinski definition) is 1. The second kappa shape index (κ2) is 5.57. The zero-order valence-electron chi connectivity index (χ0n) is 5.36. The summed E-state index contributed by atoms with van der Waals surface area (Å²) in [5.74, 6) is 0. The monoisotopic (exact) mass is 179 g/mol. The third-order valence-corrected chi connectivity index (χ3v) is 1.51. The van der Waals surface area contributed by atoms with Crippen molar-refractivity contribution in [2.75, 3.05) is 6.54 Å². The van der Waals surface area contributed by atoms with E-state index in [0.717, 1.165) is 13.0 Å². The molecular weight excluding hydrogens is 166 g/mol. The first kappa shape index (κ1) is 8.44. The van der Waals surface area contributed by atoms with Gasteiger partial charge in [0.25, 0.3) is 0 Å². The molecule has 2 heteroatoms. The maximum atomic E-state index is 5.30. The van der Waals surface area contributed by atoms with Gasteiger partial charge in [0, 0.05) is 4.83 Å². The van der Waals surface area contributed by atoms with Crippen LogP contribution < -0.4 is 5.73 Å². The molecular formula is C6H14BrN. The van der Waals surface area contributed by atoms with Crippen LogP contribution in [0.3, 0.4) is 0 Å². The van der Waals surface area contributed by atoms with Crippen LogP contribution in [0.25, 0.3) is 0 Å². The Labute approximate surface area is 59.8 Å². The maximum absolute atomic E-state index is 5.30. The molecule has 0 bridgehead atoms. The minimum atomic E-state index is 0.661. The second-order valence-corrected chi connectivity index (χ2v) is 3.63. The molecule has 1 nitrogen and oxygen atoms in total. The summed E-state index contributed by atoms with van der Waals surface area (Å²) in [5, 5.41) is 0. The number of nitrogens with two attached hydrogens (primary N) is 1. The van der Waals surface area contributed by atoms with Gasteiger partial charge in [-0.25, -0.2) is 0 Å². The molecule has 0 spiro atoms. The van der Waals surface area contributed by atoms with Crippen LogP contribution in [0.15, 0.2) is 0 Å². The fourth-order valence-electron chi connectivity index (χ4n) is 0.570. The summed E-state index contributed by atoms with van der Waals surface area (Å²) >= 11 is 3.46. The summed E-state index contributed by atoms with van der Waals surface area (Å²) in [6.07, 6.45) is 3.66. The van der Waals surface area contributed by atoms with Crippen LogP contribution in [0.5, 0.6) is 0 Å². The highest BCUT2D eigenvalue weighted by Gasteiger charge is 1.92. The zero-order chi connectivity index (χ0) is 6.41. The van der Waals surface area contributed by atoms with Crippen molar-refractivity contribution in [3.63, 3.8) is 0 Å². The van der Waals surface area contributed by atoms with Crippen molar-refractivity contribution in [3.8, 4) is 0 Å². The Hall–Kier alpha value is 0.440. The molecule has 0 aliphatic heterocycles. The van der Waals surface area contributed by atoms with Crippen molar-refractivity contribution >= 4 is 15.9 Å². The van der Waals surface area contributed by atoms with Crippen molar-refractivity contribution in [2.45, 2.75) is 31.0 Å². The predicted octanol–water partition coefficient (Wildman–Crippen LogP) is 1.90. The predicted molar refractivity (Wildman–Crippen MR) is 41.3 cm³/mol. The lowest BCUT2D eigenvalue weighted by molar-refractivity contribution is 0.688. The molecule has 1 unspecified atom stereocenters. The van der Waals surface area contributed by atoms with Crippen molar-refractivity contribution in [1.82, 2.24) is 0 Å². The summed E-state index contributed by atoms with van der Waals surface area (Å²) < 4.78 is 0. The lowest BCUT2D eigenvalue weighted by Crippen LogP contribution is -1.99. The molecule has 0 aromatic heterocycles. The van der Waals surface area contributed by atoms with E-state index >= 15 is 0 Å². The first-order chi connectivity index (χ1) is 3.77. The normalized spacial score (nSPS) is 13.9. The van der Waals surface area contributed by atoms with Gasteiger partial charge in [0.1, 0.15) is 0 Å². The molecule has 0 saturated heterocycles. The van der Waals surface area contributed by atoms with E-state index in [9.17, 15) is 0 Å². The molecule has 0 aliphatic carbocycles. The maximum Gasteiger partial charge on any atom is 0.0117 e. The third-order valence-electron chi connectivity index (χ3n) is 1.06. The molecule has 0 amide bonds. The second-order valence-electron chi connectivity index (χ2n) is 2.07. The lowest BCUT2D eigenvalue weighted by Gasteiger charge is -1.99. The number of rotatable bonds is 4. The summed E-state index contributed by atoms with van der Waals surface area (Å²) in [4.78, 5) is 0.661. The first-order valence-electron chi connectivity index (χ1n) is 3.11. The molecule has 0 aromatic rings. The SMILES string of the molecule is CC(Br)CCCCN. The fourth-order valence-corrected chi connectivity index (χ4v) is 0.894. The average Bonchev–Trinajstić information content (AvgIpc) is 1.66. The zero-order valence-corrected chi connectivity index (χ0v) is 6.95. The summed E-state index contributed by atoms with van der Waals surface area (Å²) in [6, 6.07) is 0. The highest BCUT2D eigenvalue weighted by molar-refractivity contribution is 9.09. The smallest absolute Gasteiger partial charge is 0.0117 e. The van der Waals surface area contributed by atoms with Gasteiger partial charge in [0.05, 0.1) is 0 Å². The Morgan fingerprint density at radius 3 is 2.50 bits per heavy atom. The van der Waals surface area contributed by atoms with Gasteiger partial charge in [-0.3, -0.25) is 0 Å². The van der Waals surface area contributed by atoms with E-state index in [-0.39, 0.29) is 0 Å². The van der Waals surface area contributed by atoms with Crippen LogP contribution in [-0.2, 0) is 0 Å². The lowest BCUT2D eigenvalue weighted by atomic mass is 10.2. The molecule has 50 valence electrons. The standard InChI is InChI=1S/C6H14BrN/c1-6(7)4-2-3-5-8/h6H,2-5,8H2,1H3. The topological polar surface area (TPSA) is 26.0 Å². The Bertz CT molecular complexity index is 45.8. The molecule has 2 N–H and O–H groups in total. The quantitative estimate of drug-likeness (QED) is 0.518. The summed E-state index contributed by atoms with van der Waals surface area (Å²) in [6.45, 7) is 3.00. The van der Waals surface area contributed by atoms with Gasteiger partial charge >= 0.3 is 0 Å². The summed E-state index contributed by atoms with van der Waals surface area (Å²) in [7, 11) is 0. The van der Waals surface area contributed by atoms with Crippen LogP contribution in [0.4, 0.5) is 0 Å². The van der Waals surface area contributed by atoms with Gasteiger partial charge in [0.15, 0.2) is 0 Å². The largest absolute Gasteiger partial charge is 0.330 e. The molecule has 0 rings (SSSR count). The minimum Gasteiger partial charge on any atom is -0.330 e. The van der Waals surface area contributed by atoms with Crippen LogP contribution in [-0.4, -0.2) is 11.4 Å². The Kier molecular flexibility index (Phi) is 5.88. The van der Waals surface area contributed by atoms with Crippen molar-refractivity contribution in [2.24, 2.45) is 5.73 Å². The van der Waals surface area contributed by atoms with Gasteiger partial charge in [-0.05, 0) is 19.4 Å². The molecule has 0 heterocycles. The molecule has 1 atom stereocenters. The number of unbranched alkanes of at least 4 members (excludes halogenated alkanes) is 1. The van der Waals surface area contributed by atoms with Gasteiger partial charge in [0.2, 0.25) is 0 Å². The van der Waals surface area contributed by atoms with Gasteiger partial charge < -0.3 is 5.73 Å². The molecule has 0 saturated carbocycles. The number of alkyl halides is 1. The van der Waals surface area contributed by atoms with E-state index in [2.05, 4.69) is 22.9 Å². The molecule has 0 radical (unpaired) electrons. The van der Waals surface area contributed by atoms with Crippen LogP contribution in [0.1, 0.15) is 26.2 Å². The van der Waals surface area contributed by atoms with Gasteiger partial charge in [-0.1, -0.05) is 29.3 Å². The Balaban J connectivity index is 2.72. The van der Waals surface area contributed by atoms with E-state index in [4.69, 9.17) is 5.73 Å². The van der Waals surface area contributed by atoms with Crippen molar-refractivity contribution in [3.05, 3.63) is 0 Å².